The number of aliphatic hydroxyl groups excluding tert-OH is 1. The summed E-state index contributed by atoms with van der Waals surface area (Å²) in [7, 11) is 0. The van der Waals surface area contributed by atoms with E-state index >= 15 is 0 Å². The van der Waals surface area contributed by atoms with Crippen molar-refractivity contribution >= 4 is 40.1 Å². The van der Waals surface area contributed by atoms with Crippen molar-refractivity contribution in [1.82, 2.24) is 14.5 Å². The molecule has 4 rings (SSSR count). The van der Waals surface area contributed by atoms with Gasteiger partial charge in [0, 0.05) is 19.6 Å². The van der Waals surface area contributed by atoms with E-state index in [2.05, 4.69) is 9.88 Å². The molecule has 1 fully saturated rings. The number of carbonyl (C=O) groups excluding carboxylic acids is 1. The minimum atomic E-state index is -0.652. The molecule has 1 aromatic heterocycles. The van der Waals surface area contributed by atoms with Crippen LogP contribution < -0.4 is 16.2 Å². The van der Waals surface area contributed by atoms with E-state index in [1.54, 1.807) is 41.0 Å². The van der Waals surface area contributed by atoms with Crippen LogP contribution in [-0.2, 0) is 17.8 Å². The molecule has 3 aromatic rings. The van der Waals surface area contributed by atoms with E-state index in [4.69, 9.17) is 33.7 Å². The third-order valence-corrected chi connectivity index (χ3v) is 6.80. The molecule has 182 valence electrons. The Morgan fingerprint density at radius 1 is 1.24 bits per heavy atom. The molecule has 4 N–H and O–H groups in total. The molecule has 0 bridgehead atoms. The lowest BCUT2D eigenvalue weighted by Gasteiger charge is -2.34. The van der Waals surface area contributed by atoms with Crippen molar-refractivity contribution < 1.29 is 14.6 Å². The minimum Gasteiger partial charge on any atom is -0.491 e. The normalized spacial score (nSPS) is 17.7. The molecular formula is C24H28Cl2N4O4. The van der Waals surface area contributed by atoms with Gasteiger partial charge in [-0.1, -0.05) is 35.3 Å². The van der Waals surface area contributed by atoms with Gasteiger partial charge in [-0.2, -0.15) is 0 Å². The highest BCUT2D eigenvalue weighted by molar-refractivity contribution is 6.42. The number of nitrogens with one attached hydrogen (secondary N) is 1. The fourth-order valence-electron chi connectivity index (χ4n) is 4.51. The minimum absolute atomic E-state index is 0.164. The zero-order chi connectivity index (χ0) is 24.2. The fraction of sp³-hybridized carbons (Fsp3) is 0.417. The average molecular weight is 507 g/mol. The standard InChI is InChI=1S/C24H28Cl2N4O4/c25-19-9-21-22(10-20(19)26)30(24(33)28-21)12-16-2-1-7-29(11-16)13-17(31)14-34-18-5-3-15(4-6-18)8-23(27)32/h3-6,9-10,16-17,31H,1-2,7-8,11-14H2,(H2,27,32)(H,28,33). The number of hydrogen-bond acceptors (Lipinski definition) is 5. The number of nitrogens with zero attached hydrogens (tertiary/aromatic N) is 2. The number of amides is 1. The second kappa shape index (κ2) is 10.8. The number of likely N-dealkylation sites (tertiary alicyclic amines) is 1. The summed E-state index contributed by atoms with van der Waals surface area (Å²) in [6, 6.07) is 10.5. The van der Waals surface area contributed by atoms with Crippen molar-refractivity contribution in [3.63, 3.8) is 0 Å². The number of benzene rings is 2. The van der Waals surface area contributed by atoms with Gasteiger partial charge in [-0.3, -0.25) is 9.36 Å². The van der Waals surface area contributed by atoms with Crippen molar-refractivity contribution in [2.45, 2.75) is 31.9 Å². The molecule has 1 aliphatic heterocycles. The lowest BCUT2D eigenvalue weighted by molar-refractivity contribution is -0.117. The summed E-state index contributed by atoms with van der Waals surface area (Å²) < 4.78 is 7.42. The number of aromatic nitrogens is 2. The fourth-order valence-corrected chi connectivity index (χ4v) is 4.83. The molecule has 0 saturated carbocycles. The van der Waals surface area contributed by atoms with Crippen molar-refractivity contribution in [2.24, 2.45) is 11.7 Å². The van der Waals surface area contributed by atoms with Gasteiger partial charge in [-0.05, 0) is 55.1 Å². The number of hydrogen-bond donors (Lipinski definition) is 3. The Morgan fingerprint density at radius 3 is 2.71 bits per heavy atom. The van der Waals surface area contributed by atoms with Crippen molar-refractivity contribution in [3.05, 3.63) is 62.5 Å². The molecule has 34 heavy (non-hydrogen) atoms. The van der Waals surface area contributed by atoms with Crippen LogP contribution in [0.4, 0.5) is 0 Å². The number of halogens is 2. The average Bonchev–Trinajstić information content (AvgIpc) is 3.07. The molecule has 0 aliphatic carbocycles. The number of piperidine rings is 1. The van der Waals surface area contributed by atoms with E-state index in [0.717, 1.165) is 37.0 Å². The van der Waals surface area contributed by atoms with E-state index in [-0.39, 0.29) is 30.5 Å². The van der Waals surface area contributed by atoms with Gasteiger partial charge in [-0.15, -0.1) is 0 Å². The largest absolute Gasteiger partial charge is 0.491 e. The molecule has 2 aromatic carbocycles. The molecule has 0 spiro atoms. The number of fused-ring (bicyclic) bond motifs is 1. The maximum atomic E-state index is 12.5. The molecular weight excluding hydrogens is 479 g/mol. The van der Waals surface area contributed by atoms with Crippen molar-refractivity contribution in [1.29, 1.82) is 0 Å². The Balaban J connectivity index is 1.30. The number of nitrogens with two attached hydrogens (primary N) is 1. The maximum Gasteiger partial charge on any atom is 0.326 e. The molecule has 2 atom stereocenters. The van der Waals surface area contributed by atoms with Crippen LogP contribution in [0.2, 0.25) is 10.0 Å². The van der Waals surface area contributed by atoms with Crippen LogP contribution in [0.1, 0.15) is 18.4 Å². The van der Waals surface area contributed by atoms with E-state index < -0.39 is 6.10 Å². The second-order valence-electron chi connectivity index (χ2n) is 8.84. The third kappa shape index (κ3) is 6.13. The highest BCUT2D eigenvalue weighted by Crippen LogP contribution is 2.27. The van der Waals surface area contributed by atoms with E-state index in [9.17, 15) is 14.7 Å². The van der Waals surface area contributed by atoms with Gasteiger partial charge in [0.25, 0.3) is 0 Å². The number of β-amino-alcohol motifs (C(OH)–C–C–N with tert-alkyl or cyclic N) is 1. The van der Waals surface area contributed by atoms with E-state index in [1.165, 1.54) is 0 Å². The molecule has 10 heteroatoms. The quantitative estimate of drug-likeness (QED) is 0.412. The highest BCUT2D eigenvalue weighted by Gasteiger charge is 2.24. The number of ether oxygens (including phenoxy) is 1. The molecule has 2 unspecified atom stereocenters. The second-order valence-corrected chi connectivity index (χ2v) is 9.66. The zero-order valence-electron chi connectivity index (χ0n) is 18.7. The lowest BCUT2D eigenvalue weighted by atomic mass is 9.97. The monoisotopic (exact) mass is 506 g/mol. The molecule has 1 amide bonds. The van der Waals surface area contributed by atoms with Crippen LogP contribution in [0, 0.1) is 5.92 Å². The number of H-pyrrole nitrogens is 1. The Kier molecular flexibility index (Phi) is 7.83. The summed E-state index contributed by atoms with van der Waals surface area (Å²) in [4.78, 5) is 28.6. The number of imidazole rings is 1. The first-order valence-electron chi connectivity index (χ1n) is 11.3. The highest BCUT2D eigenvalue weighted by atomic mass is 35.5. The van der Waals surface area contributed by atoms with Crippen LogP contribution in [0.5, 0.6) is 5.75 Å². The molecule has 2 heterocycles. The lowest BCUT2D eigenvalue weighted by Crippen LogP contribution is -2.43. The number of rotatable bonds is 9. The Bertz CT molecular complexity index is 1210. The van der Waals surface area contributed by atoms with Crippen LogP contribution in [0.3, 0.4) is 0 Å². The Morgan fingerprint density at radius 2 is 1.97 bits per heavy atom. The summed E-state index contributed by atoms with van der Waals surface area (Å²) in [5.41, 5.74) is 7.25. The first-order valence-corrected chi connectivity index (χ1v) is 12.0. The maximum absolute atomic E-state index is 12.5. The summed E-state index contributed by atoms with van der Waals surface area (Å²) in [5, 5.41) is 11.3. The molecule has 8 nitrogen and oxygen atoms in total. The SMILES string of the molecule is NC(=O)Cc1ccc(OCC(O)CN2CCCC(Cn3c(=O)[nH]c4cc(Cl)c(Cl)cc43)C2)cc1. The van der Waals surface area contributed by atoms with Gasteiger partial charge in [-0.25, -0.2) is 4.79 Å². The van der Waals surface area contributed by atoms with Gasteiger partial charge in [0.15, 0.2) is 0 Å². The summed E-state index contributed by atoms with van der Waals surface area (Å²) >= 11 is 12.2. The van der Waals surface area contributed by atoms with Crippen LogP contribution in [0.25, 0.3) is 11.0 Å². The summed E-state index contributed by atoms with van der Waals surface area (Å²) in [6.45, 7) is 2.88. The predicted molar refractivity (Wildman–Crippen MR) is 133 cm³/mol. The van der Waals surface area contributed by atoms with E-state index in [0.29, 0.717) is 34.4 Å². The van der Waals surface area contributed by atoms with Crippen molar-refractivity contribution in [3.8, 4) is 5.75 Å². The Hall–Kier alpha value is -2.52. The van der Waals surface area contributed by atoms with Gasteiger partial charge in [0.1, 0.15) is 18.5 Å². The van der Waals surface area contributed by atoms with Crippen LogP contribution in [-0.4, -0.2) is 57.8 Å². The van der Waals surface area contributed by atoms with Gasteiger partial charge >= 0.3 is 5.69 Å². The van der Waals surface area contributed by atoms with E-state index in [1.807, 2.05) is 0 Å². The molecule has 1 saturated heterocycles. The van der Waals surface area contributed by atoms with Gasteiger partial charge in [0.2, 0.25) is 5.91 Å². The zero-order valence-corrected chi connectivity index (χ0v) is 20.2. The van der Waals surface area contributed by atoms with Gasteiger partial charge < -0.3 is 25.5 Å². The van der Waals surface area contributed by atoms with Crippen LogP contribution >= 0.6 is 23.2 Å². The Labute approximate surface area is 207 Å². The predicted octanol–water partition coefficient (Wildman–Crippen LogP) is 2.82. The number of aromatic amines is 1. The number of primary amides is 1. The third-order valence-electron chi connectivity index (χ3n) is 6.07. The van der Waals surface area contributed by atoms with Crippen molar-refractivity contribution in [2.75, 3.05) is 26.2 Å². The summed E-state index contributed by atoms with van der Waals surface area (Å²) in [5.74, 6) is 0.513. The van der Waals surface area contributed by atoms with Gasteiger partial charge in [0.05, 0.1) is 27.5 Å². The number of aliphatic hydroxyl groups is 1. The summed E-state index contributed by atoms with van der Waals surface area (Å²) in [6.07, 6.45) is 1.52. The first-order chi connectivity index (χ1) is 16.3. The van der Waals surface area contributed by atoms with Crippen LogP contribution in [0.15, 0.2) is 41.2 Å². The topological polar surface area (TPSA) is 114 Å². The molecule has 0 radical (unpaired) electrons. The number of carbonyl (C=O) groups is 1. The smallest absolute Gasteiger partial charge is 0.326 e. The molecule has 1 aliphatic rings. The first kappa shape index (κ1) is 24.6.